The first-order valence-electron chi connectivity index (χ1n) is 14.4. The molecular formula is C31H35FN6O3S. The SMILES string of the molecule is Cc1c(F)c(NS(=O)(=O)CC2(C)CCC2)c2ccccc2c1Oc1nccnc1-c1ccnc(N[C@H]2CCCNC2)c1. The molecule has 0 bridgehead atoms. The molecule has 220 valence electrons. The fourth-order valence-electron chi connectivity index (χ4n) is 5.85. The maximum Gasteiger partial charge on any atom is 0.246 e. The minimum atomic E-state index is -3.78. The van der Waals surface area contributed by atoms with Crippen molar-refractivity contribution in [3.05, 3.63) is 66.4 Å². The second-order valence-corrected chi connectivity index (χ2v) is 13.4. The van der Waals surface area contributed by atoms with Crippen LogP contribution in [0.1, 0.15) is 44.6 Å². The number of anilines is 2. The maximum absolute atomic E-state index is 16.0. The number of nitrogens with zero attached hydrogens (tertiary/aromatic N) is 3. The number of ether oxygens (including phenoxy) is 1. The molecule has 3 heterocycles. The second kappa shape index (κ2) is 11.4. The van der Waals surface area contributed by atoms with Crippen LogP contribution in [-0.2, 0) is 10.0 Å². The first kappa shape index (κ1) is 28.3. The molecule has 1 saturated heterocycles. The lowest BCUT2D eigenvalue weighted by molar-refractivity contribution is 0.194. The predicted molar refractivity (Wildman–Crippen MR) is 163 cm³/mol. The zero-order chi connectivity index (χ0) is 29.3. The van der Waals surface area contributed by atoms with Crippen LogP contribution in [-0.4, -0.2) is 48.3 Å². The van der Waals surface area contributed by atoms with Crippen LogP contribution in [0.3, 0.4) is 0 Å². The van der Waals surface area contributed by atoms with E-state index in [0.29, 0.717) is 16.5 Å². The summed E-state index contributed by atoms with van der Waals surface area (Å²) in [5, 5.41) is 7.83. The van der Waals surface area contributed by atoms with Crippen LogP contribution in [0.2, 0.25) is 0 Å². The van der Waals surface area contributed by atoms with E-state index in [-0.39, 0.29) is 40.1 Å². The zero-order valence-corrected chi connectivity index (χ0v) is 24.6. The molecule has 1 saturated carbocycles. The van der Waals surface area contributed by atoms with E-state index in [0.717, 1.165) is 56.6 Å². The van der Waals surface area contributed by atoms with Crippen LogP contribution in [0.25, 0.3) is 22.0 Å². The summed E-state index contributed by atoms with van der Waals surface area (Å²) < 4.78 is 51.1. The average Bonchev–Trinajstić information content (AvgIpc) is 2.97. The van der Waals surface area contributed by atoms with Gasteiger partial charge in [0.1, 0.15) is 17.3 Å². The number of hydrogen-bond donors (Lipinski definition) is 3. The molecule has 2 aliphatic rings. The van der Waals surface area contributed by atoms with Gasteiger partial charge in [-0.3, -0.25) is 4.72 Å². The number of benzene rings is 2. The zero-order valence-electron chi connectivity index (χ0n) is 23.8. The summed E-state index contributed by atoms with van der Waals surface area (Å²) in [6.07, 6.45) is 9.65. The summed E-state index contributed by atoms with van der Waals surface area (Å²) in [7, 11) is -3.78. The molecule has 0 amide bonds. The Labute approximate surface area is 245 Å². The topological polar surface area (TPSA) is 118 Å². The van der Waals surface area contributed by atoms with Crippen molar-refractivity contribution < 1.29 is 17.5 Å². The minimum Gasteiger partial charge on any atom is -0.436 e. The molecule has 1 aliphatic heterocycles. The van der Waals surface area contributed by atoms with Gasteiger partial charge in [0.05, 0.1) is 11.4 Å². The van der Waals surface area contributed by atoms with Gasteiger partial charge in [-0.15, -0.1) is 0 Å². The molecule has 2 aromatic carbocycles. The maximum atomic E-state index is 16.0. The summed E-state index contributed by atoms with van der Waals surface area (Å²) in [6, 6.07) is 11.0. The van der Waals surface area contributed by atoms with Gasteiger partial charge in [-0.05, 0) is 56.7 Å². The molecule has 0 radical (unpaired) electrons. The predicted octanol–water partition coefficient (Wildman–Crippen LogP) is 6.03. The van der Waals surface area contributed by atoms with Crippen LogP contribution in [0.15, 0.2) is 55.0 Å². The van der Waals surface area contributed by atoms with Gasteiger partial charge in [0.25, 0.3) is 0 Å². The number of aromatic nitrogens is 3. The van der Waals surface area contributed by atoms with Crippen molar-refractivity contribution in [1.29, 1.82) is 0 Å². The van der Waals surface area contributed by atoms with Crippen molar-refractivity contribution in [1.82, 2.24) is 20.3 Å². The highest BCUT2D eigenvalue weighted by atomic mass is 32.2. The van der Waals surface area contributed by atoms with E-state index in [1.54, 1.807) is 43.6 Å². The van der Waals surface area contributed by atoms with Gasteiger partial charge in [-0.1, -0.05) is 37.6 Å². The van der Waals surface area contributed by atoms with Crippen LogP contribution in [0.5, 0.6) is 11.6 Å². The third-order valence-corrected chi connectivity index (χ3v) is 9.82. The lowest BCUT2D eigenvalue weighted by atomic mass is 9.72. The summed E-state index contributed by atoms with van der Waals surface area (Å²) in [4.78, 5) is 13.5. The quantitative estimate of drug-likeness (QED) is 0.216. The molecule has 1 atom stereocenters. The summed E-state index contributed by atoms with van der Waals surface area (Å²) in [5.41, 5.74) is 1.04. The van der Waals surface area contributed by atoms with Gasteiger partial charge < -0.3 is 15.4 Å². The van der Waals surface area contributed by atoms with Gasteiger partial charge in [0.15, 0.2) is 5.82 Å². The largest absolute Gasteiger partial charge is 0.436 e. The van der Waals surface area contributed by atoms with Crippen molar-refractivity contribution >= 4 is 32.3 Å². The van der Waals surface area contributed by atoms with E-state index in [9.17, 15) is 8.42 Å². The summed E-state index contributed by atoms with van der Waals surface area (Å²) in [6.45, 7) is 5.42. The van der Waals surface area contributed by atoms with Crippen LogP contribution < -0.4 is 20.1 Å². The Morgan fingerprint density at radius 3 is 2.60 bits per heavy atom. The second-order valence-electron chi connectivity index (χ2n) is 11.6. The third-order valence-electron chi connectivity index (χ3n) is 8.23. The van der Waals surface area contributed by atoms with E-state index < -0.39 is 15.8 Å². The van der Waals surface area contributed by atoms with Crippen LogP contribution >= 0.6 is 0 Å². The smallest absolute Gasteiger partial charge is 0.246 e. The van der Waals surface area contributed by atoms with Crippen molar-refractivity contribution in [3.8, 4) is 22.9 Å². The van der Waals surface area contributed by atoms with E-state index in [2.05, 4.69) is 30.3 Å². The number of rotatable bonds is 9. The van der Waals surface area contributed by atoms with Crippen molar-refractivity contribution in [2.75, 3.05) is 28.9 Å². The number of nitrogens with one attached hydrogen (secondary N) is 3. The number of sulfonamides is 1. The van der Waals surface area contributed by atoms with E-state index in [4.69, 9.17) is 4.74 Å². The number of pyridine rings is 1. The van der Waals surface area contributed by atoms with Gasteiger partial charge in [0.2, 0.25) is 15.9 Å². The first-order valence-corrected chi connectivity index (χ1v) is 16.0. The summed E-state index contributed by atoms with van der Waals surface area (Å²) in [5.74, 6) is 0.437. The first-order chi connectivity index (χ1) is 20.2. The van der Waals surface area contributed by atoms with E-state index in [1.165, 1.54) is 6.20 Å². The number of piperidine rings is 1. The molecule has 42 heavy (non-hydrogen) atoms. The Kier molecular flexibility index (Phi) is 7.71. The molecule has 11 heteroatoms. The molecular weight excluding hydrogens is 555 g/mol. The Balaban J connectivity index is 1.34. The lowest BCUT2D eigenvalue weighted by Gasteiger charge is -2.37. The molecule has 6 rings (SSSR count). The number of fused-ring (bicyclic) bond motifs is 1. The molecule has 2 fully saturated rings. The molecule has 0 spiro atoms. The van der Waals surface area contributed by atoms with Crippen molar-refractivity contribution in [2.24, 2.45) is 5.41 Å². The van der Waals surface area contributed by atoms with E-state index >= 15 is 4.39 Å². The molecule has 2 aromatic heterocycles. The van der Waals surface area contributed by atoms with Crippen molar-refractivity contribution in [2.45, 2.75) is 52.0 Å². The Morgan fingerprint density at radius 1 is 1.07 bits per heavy atom. The fraction of sp³-hybridized carbons (Fsp3) is 0.387. The Hall–Kier alpha value is -3.83. The fourth-order valence-corrected chi connectivity index (χ4v) is 7.64. The Morgan fingerprint density at radius 2 is 1.86 bits per heavy atom. The molecule has 4 aromatic rings. The number of hydrogen-bond acceptors (Lipinski definition) is 8. The number of halogens is 1. The molecule has 1 aliphatic carbocycles. The van der Waals surface area contributed by atoms with Crippen molar-refractivity contribution in [3.63, 3.8) is 0 Å². The molecule has 9 nitrogen and oxygen atoms in total. The normalized spacial score (nSPS) is 18.3. The molecule has 3 N–H and O–H groups in total. The highest BCUT2D eigenvalue weighted by molar-refractivity contribution is 7.92. The minimum absolute atomic E-state index is 0.0476. The van der Waals surface area contributed by atoms with E-state index in [1.807, 2.05) is 19.1 Å². The lowest BCUT2D eigenvalue weighted by Crippen LogP contribution is -2.38. The van der Waals surface area contributed by atoms with Gasteiger partial charge in [-0.2, -0.15) is 0 Å². The highest BCUT2D eigenvalue weighted by Gasteiger charge is 2.37. The standard InChI is InChI=1S/C31H35FN6O3S/c1-20-26(32)28(38-42(39,40)19-31(2)11-6-12-31)23-8-3-4-9-24(23)29(20)41-30-27(35-15-16-36-30)21-10-14-34-25(17-21)37-22-7-5-13-33-18-22/h3-4,8-10,14-17,22,33,38H,5-7,11-13,18-19H2,1-2H3,(H,34,37)/t22-/m0/s1. The van der Waals surface area contributed by atoms with Gasteiger partial charge in [-0.25, -0.2) is 27.8 Å². The highest BCUT2D eigenvalue weighted by Crippen LogP contribution is 2.44. The van der Waals surface area contributed by atoms with Crippen LogP contribution in [0.4, 0.5) is 15.9 Å². The Bertz CT molecular complexity index is 1720. The van der Waals surface area contributed by atoms with Gasteiger partial charge >= 0.3 is 0 Å². The average molecular weight is 591 g/mol. The summed E-state index contributed by atoms with van der Waals surface area (Å²) >= 11 is 0. The van der Waals surface area contributed by atoms with Crippen LogP contribution in [0, 0.1) is 18.2 Å². The monoisotopic (exact) mass is 590 g/mol. The third kappa shape index (κ3) is 5.89. The van der Waals surface area contributed by atoms with Gasteiger partial charge in [0, 0.05) is 53.1 Å². The molecule has 0 unspecified atom stereocenters.